The van der Waals surface area contributed by atoms with E-state index in [1.807, 2.05) is 6.07 Å². The Morgan fingerprint density at radius 1 is 1.21 bits per heavy atom. The Bertz CT molecular complexity index is 400. The van der Waals surface area contributed by atoms with Crippen LogP contribution in [0.4, 0.5) is 0 Å². The predicted molar refractivity (Wildman–Crippen MR) is 81.0 cm³/mol. The van der Waals surface area contributed by atoms with E-state index < -0.39 is 0 Å². The van der Waals surface area contributed by atoms with Gasteiger partial charge in [-0.2, -0.15) is 0 Å². The molecule has 0 amide bonds. The number of unbranched alkanes of at least 4 members (excludes halogenated alkanes) is 3. The molecule has 1 aliphatic rings. The van der Waals surface area contributed by atoms with Crippen LogP contribution in [-0.2, 0) is 6.54 Å². The van der Waals surface area contributed by atoms with Crippen molar-refractivity contribution in [1.82, 2.24) is 4.90 Å². The topological polar surface area (TPSA) is 41.6 Å². The molecule has 1 atom stereocenters. The molecule has 3 heteroatoms. The van der Waals surface area contributed by atoms with E-state index in [-0.39, 0.29) is 0 Å². The highest BCUT2D eigenvalue weighted by molar-refractivity contribution is 5.80. The van der Waals surface area contributed by atoms with E-state index in [0.29, 0.717) is 12.0 Å². The van der Waals surface area contributed by atoms with Crippen LogP contribution in [0.5, 0.6) is 0 Å². The summed E-state index contributed by atoms with van der Waals surface area (Å²) in [4.78, 5) is 6.68. The van der Waals surface area contributed by atoms with Crippen molar-refractivity contribution < 1.29 is 0 Å². The second-order valence-electron chi connectivity index (χ2n) is 5.32. The van der Waals surface area contributed by atoms with Gasteiger partial charge < -0.3 is 10.6 Å². The quantitative estimate of drug-likeness (QED) is 0.764. The van der Waals surface area contributed by atoms with Crippen LogP contribution in [0.2, 0.25) is 0 Å². The third kappa shape index (κ3) is 3.98. The number of hydrogen-bond donors (Lipinski definition) is 1. The van der Waals surface area contributed by atoms with E-state index in [2.05, 4.69) is 41.1 Å². The minimum atomic E-state index is 0.497. The molecule has 1 heterocycles. The van der Waals surface area contributed by atoms with Gasteiger partial charge in [0.15, 0.2) is 5.96 Å². The lowest BCUT2D eigenvalue weighted by molar-refractivity contribution is 0.309. The maximum atomic E-state index is 6.02. The molecule has 19 heavy (non-hydrogen) atoms. The highest BCUT2D eigenvalue weighted by Gasteiger charge is 2.25. The maximum absolute atomic E-state index is 6.02. The first kappa shape index (κ1) is 13.9. The van der Waals surface area contributed by atoms with E-state index in [0.717, 1.165) is 13.1 Å². The Balaban J connectivity index is 1.87. The van der Waals surface area contributed by atoms with Crippen LogP contribution in [0.25, 0.3) is 0 Å². The lowest BCUT2D eigenvalue weighted by atomic mass is 10.1. The largest absolute Gasteiger partial charge is 0.370 e. The van der Waals surface area contributed by atoms with E-state index in [1.165, 1.54) is 37.7 Å². The Morgan fingerprint density at radius 2 is 2.00 bits per heavy atom. The summed E-state index contributed by atoms with van der Waals surface area (Å²) < 4.78 is 0. The second-order valence-corrected chi connectivity index (χ2v) is 5.32. The molecule has 0 aliphatic carbocycles. The van der Waals surface area contributed by atoms with Crippen LogP contribution in [0, 0.1) is 0 Å². The van der Waals surface area contributed by atoms with Crippen LogP contribution in [-0.4, -0.2) is 23.4 Å². The molecule has 1 aromatic carbocycles. The smallest absolute Gasteiger partial charge is 0.191 e. The van der Waals surface area contributed by atoms with Crippen molar-refractivity contribution >= 4 is 5.96 Å². The fourth-order valence-corrected chi connectivity index (χ4v) is 2.62. The minimum absolute atomic E-state index is 0.497. The molecule has 0 fully saturated rings. The molecule has 1 unspecified atom stereocenters. The van der Waals surface area contributed by atoms with Crippen molar-refractivity contribution in [2.24, 2.45) is 10.7 Å². The van der Waals surface area contributed by atoms with Gasteiger partial charge in [-0.25, -0.2) is 0 Å². The number of benzene rings is 1. The summed E-state index contributed by atoms with van der Waals surface area (Å²) in [6.07, 6.45) is 6.44. The minimum Gasteiger partial charge on any atom is -0.370 e. The van der Waals surface area contributed by atoms with Crippen molar-refractivity contribution in [3.05, 3.63) is 35.9 Å². The highest BCUT2D eigenvalue weighted by Crippen LogP contribution is 2.18. The lowest BCUT2D eigenvalue weighted by Crippen LogP contribution is -2.40. The van der Waals surface area contributed by atoms with Crippen molar-refractivity contribution in [3.63, 3.8) is 0 Å². The summed E-state index contributed by atoms with van der Waals surface area (Å²) >= 11 is 0. The first-order valence-corrected chi connectivity index (χ1v) is 7.41. The molecule has 0 spiro atoms. The van der Waals surface area contributed by atoms with Crippen LogP contribution in [0.1, 0.15) is 44.6 Å². The number of rotatable bonds is 7. The molecule has 0 aromatic heterocycles. The van der Waals surface area contributed by atoms with Gasteiger partial charge >= 0.3 is 0 Å². The number of nitrogens with zero attached hydrogens (tertiary/aromatic N) is 2. The summed E-state index contributed by atoms with van der Waals surface area (Å²) in [7, 11) is 0. The average Bonchev–Trinajstić information content (AvgIpc) is 2.78. The summed E-state index contributed by atoms with van der Waals surface area (Å²) in [6, 6.07) is 11.0. The molecule has 104 valence electrons. The fraction of sp³-hybridized carbons (Fsp3) is 0.562. The van der Waals surface area contributed by atoms with Gasteiger partial charge in [0.2, 0.25) is 0 Å². The Labute approximate surface area is 116 Å². The molecule has 2 N–H and O–H groups in total. The zero-order chi connectivity index (χ0) is 13.5. The van der Waals surface area contributed by atoms with E-state index in [1.54, 1.807) is 0 Å². The van der Waals surface area contributed by atoms with Gasteiger partial charge in [0.05, 0.1) is 12.6 Å². The van der Waals surface area contributed by atoms with E-state index in [4.69, 9.17) is 5.73 Å². The Hall–Kier alpha value is -1.51. The summed E-state index contributed by atoms with van der Waals surface area (Å²) in [5, 5.41) is 0. The molecular formula is C16H25N3. The zero-order valence-electron chi connectivity index (χ0n) is 11.9. The van der Waals surface area contributed by atoms with Crippen molar-refractivity contribution in [2.75, 3.05) is 6.54 Å². The van der Waals surface area contributed by atoms with Gasteiger partial charge in [-0.15, -0.1) is 0 Å². The summed E-state index contributed by atoms with van der Waals surface area (Å²) in [6.45, 7) is 4.00. The Morgan fingerprint density at radius 3 is 2.74 bits per heavy atom. The van der Waals surface area contributed by atoms with Crippen molar-refractivity contribution in [1.29, 1.82) is 0 Å². The van der Waals surface area contributed by atoms with Crippen LogP contribution < -0.4 is 5.73 Å². The third-order valence-corrected chi connectivity index (χ3v) is 3.79. The van der Waals surface area contributed by atoms with Crippen molar-refractivity contribution in [2.45, 2.75) is 51.6 Å². The number of hydrogen-bond acceptors (Lipinski definition) is 3. The van der Waals surface area contributed by atoms with Gasteiger partial charge in [-0.3, -0.25) is 4.99 Å². The molecule has 0 bridgehead atoms. The summed E-state index contributed by atoms with van der Waals surface area (Å²) in [5.41, 5.74) is 7.33. The van der Waals surface area contributed by atoms with Gasteiger partial charge in [-0.1, -0.05) is 62.9 Å². The highest BCUT2D eigenvalue weighted by atomic mass is 15.3. The molecule has 0 saturated heterocycles. The number of guanidine groups is 1. The predicted octanol–water partition coefficient (Wildman–Crippen LogP) is 3.16. The zero-order valence-corrected chi connectivity index (χ0v) is 11.9. The second kappa shape index (κ2) is 7.17. The molecular weight excluding hydrogens is 234 g/mol. The van der Waals surface area contributed by atoms with Gasteiger partial charge in [0, 0.05) is 6.54 Å². The first-order chi connectivity index (χ1) is 9.31. The number of aliphatic imine (C=N–C) groups is 1. The monoisotopic (exact) mass is 259 g/mol. The molecule has 1 aromatic rings. The van der Waals surface area contributed by atoms with E-state index >= 15 is 0 Å². The van der Waals surface area contributed by atoms with Gasteiger partial charge in [0.25, 0.3) is 0 Å². The lowest BCUT2D eigenvalue weighted by Gasteiger charge is -2.26. The average molecular weight is 259 g/mol. The maximum Gasteiger partial charge on any atom is 0.191 e. The van der Waals surface area contributed by atoms with Crippen molar-refractivity contribution in [3.8, 4) is 0 Å². The normalized spacial score (nSPS) is 18.7. The van der Waals surface area contributed by atoms with E-state index in [9.17, 15) is 0 Å². The SMILES string of the molecule is CCCCCCC1CN=C(N)N1Cc1ccccc1. The first-order valence-electron chi connectivity index (χ1n) is 7.41. The molecule has 1 aliphatic heterocycles. The molecule has 3 nitrogen and oxygen atoms in total. The van der Waals surface area contributed by atoms with Gasteiger partial charge in [-0.05, 0) is 12.0 Å². The standard InChI is InChI=1S/C16H25N3/c1-2-3-4-8-11-15-12-18-16(17)19(15)13-14-9-6-5-7-10-14/h5-7,9-10,15H,2-4,8,11-13H2,1H3,(H2,17,18). The third-order valence-electron chi connectivity index (χ3n) is 3.79. The van der Waals surface area contributed by atoms with Gasteiger partial charge in [0.1, 0.15) is 0 Å². The fourth-order valence-electron chi connectivity index (χ4n) is 2.62. The molecule has 0 radical (unpaired) electrons. The van der Waals surface area contributed by atoms with Crippen LogP contribution in [0.15, 0.2) is 35.3 Å². The Kier molecular flexibility index (Phi) is 5.25. The van der Waals surface area contributed by atoms with Crippen LogP contribution >= 0.6 is 0 Å². The van der Waals surface area contributed by atoms with Crippen LogP contribution in [0.3, 0.4) is 0 Å². The molecule has 2 rings (SSSR count). The summed E-state index contributed by atoms with van der Waals surface area (Å²) in [5.74, 6) is 0.712. The number of nitrogens with two attached hydrogens (primary N) is 1. The molecule has 0 saturated carbocycles.